The second kappa shape index (κ2) is 11.5. The summed E-state index contributed by atoms with van der Waals surface area (Å²) in [6.07, 6.45) is -10.2. The van der Waals surface area contributed by atoms with E-state index in [2.05, 4.69) is 15.0 Å². The SMILES string of the molecule is N.Nc1nc2c(ncn2[C@@H]2O[C@H](CO)[C@@H](OP(=O)(O)OC[C@H]3O[C@@H](n4ccc(=O)[nH]c4=O)[C@H](O)[C@@H]3O)[C@H]2O)c(=O)[nH]1. The monoisotopic (exact) mass is 606 g/mol. The van der Waals surface area contributed by atoms with Gasteiger partial charge in [0.25, 0.3) is 11.1 Å². The molecule has 2 aliphatic heterocycles. The van der Waals surface area contributed by atoms with Gasteiger partial charge >= 0.3 is 13.5 Å². The van der Waals surface area contributed by atoms with Gasteiger partial charge in [-0.1, -0.05) is 0 Å². The van der Waals surface area contributed by atoms with E-state index in [1.165, 1.54) is 0 Å². The average Bonchev–Trinajstić information content (AvgIpc) is 3.53. The van der Waals surface area contributed by atoms with Gasteiger partial charge in [-0.05, 0) is 0 Å². The predicted molar refractivity (Wildman–Crippen MR) is 132 cm³/mol. The van der Waals surface area contributed by atoms with E-state index >= 15 is 0 Å². The fourth-order valence-corrected chi connectivity index (χ4v) is 5.40. The Hall–Kier alpha value is -3.34. The number of H-pyrrole nitrogens is 2. The van der Waals surface area contributed by atoms with Crippen LogP contribution in [0.2, 0.25) is 0 Å². The Labute approximate surface area is 226 Å². The molecule has 0 spiro atoms. The van der Waals surface area contributed by atoms with Crippen molar-refractivity contribution >= 4 is 24.9 Å². The number of nitrogens with two attached hydrogens (primary N) is 1. The molecule has 5 rings (SSSR count). The summed E-state index contributed by atoms with van der Waals surface area (Å²) >= 11 is 0. The summed E-state index contributed by atoms with van der Waals surface area (Å²) in [7, 11) is -5.06. The third kappa shape index (κ3) is 5.73. The number of imidazole rings is 1. The van der Waals surface area contributed by atoms with Crippen LogP contribution in [0.15, 0.2) is 33.0 Å². The third-order valence-corrected chi connectivity index (χ3v) is 7.32. The van der Waals surface area contributed by atoms with Crippen LogP contribution in [0.1, 0.15) is 12.5 Å². The highest BCUT2D eigenvalue weighted by atomic mass is 31.2. The molecular formula is C19H27N8O13P. The number of aromatic amines is 2. The number of hydrogen-bond donors (Lipinski definition) is 9. The van der Waals surface area contributed by atoms with Crippen LogP contribution in [0.25, 0.3) is 11.2 Å². The molecule has 5 heterocycles. The molecule has 3 aromatic heterocycles. The van der Waals surface area contributed by atoms with Gasteiger partial charge in [0.15, 0.2) is 23.6 Å². The van der Waals surface area contributed by atoms with Crippen LogP contribution in [0.5, 0.6) is 0 Å². The lowest BCUT2D eigenvalue weighted by molar-refractivity contribution is -0.0610. The summed E-state index contributed by atoms with van der Waals surface area (Å²) in [4.78, 5) is 57.7. The number of rotatable bonds is 8. The Morgan fingerprint density at radius 2 is 1.73 bits per heavy atom. The number of nitrogens with zero attached hydrogens (tertiary/aromatic N) is 4. The fraction of sp³-hybridized carbons (Fsp3) is 0.526. The summed E-state index contributed by atoms with van der Waals surface area (Å²) in [5, 5.41) is 41.2. The number of aliphatic hydroxyl groups is 4. The molecule has 1 unspecified atom stereocenters. The van der Waals surface area contributed by atoms with Gasteiger partial charge in [0.1, 0.15) is 36.6 Å². The van der Waals surface area contributed by atoms with Crippen molar-refractivity contribution < 1.29 is 48.4 Å². The van der Waals surface area contributed by atoms with Crippen molar-refractivity contribution in [2.45, 2.75) is 49.1 Å². The zero-order valence-electron chi connectivity index (χ0n) is 20.8. The van der Waals surface area contributed by atoms with Crippen molar-refractivity contribution in [3.05, 3.63) is 49.8 Å². The number of phosphoric acid groups is 1. The van der Waals surface area contributed by atoms with Crippen LogP contribution in [-0.2, 0) is 23.1 Å². The Balaban J connectivity index is 0.00000387. The Bertz CT molecular complexity index is 1620. The van der Waals surface area contributed by atoms with Crippen LogP contribution < -0.4 is 28.7 Å². The highest BCUT2D eigenvalue weighted by Gasteiger charge is 2.50. The standard InChI is InChI=1S/C19H24N7O13P.H3N/c20-18-23-14-9(15(32)24-18)21-5-26(14)17-12(31)13(6(3-27)37-17)39-40(34,35)36-4-7-10(29)11(30)16(38-7)25-2-1-8(28)22-19(25)33;/h1-2,5-7,10-13,16-17,27,29-31H,3-4H2,(H,34,35)(H,22,28,33)(H3,20,23,24,32);1H3/t6-,7-,10-,11-,12-,13-,16-,17-;/m1./s1. The van der Waals surface area contributed by atoms with Gasteiger partial charge in [0.05, 0.1) is 19.5 Å². The van der Waals surface area contributed by atoms with Crippen LogP contribution in [0.4, 0.5) is 5.95 Å². The van der Waals surface area contributed by atoms with Crippen molar-refractivity contribution in [1.82, 2.24) is 35.2 Å². The summed E-state index contributed by atoms with van der Waals surface area (Å²) < 4.78 is 35.6. The number of fused-ring (bicyclic) bond motifs is 1. The van der Waals surface area contributed by atoms with E-state index in [9.17, 15) is 44.3 Å². The molecule has 2 fully saturated rings. The smallest absolute Gasteiger partial charge is 0.394 e. The molecule has 0 radical (unpaired) electrons. The number of aliphatic hydroxyl groups excluding tert-OH is 4. The zero-order chi connectivity index (χ0) is 28.9. The average molecular weight is 606 g/mol. The van der Waals surface area contributed by atoms with Gasteiger partial charge in [0, 0.05) is 12.3 Å². The second-order valence-electron chi connectivity index (χ2n) is 8.91. The van der Waals surface area contributed by atoms with Crippen molar-refractivity contribution in [3.8, 4) is 0 Å². The first kappa shape index (κ1) is 30.6. The van der Waals surface area contributed by atoms with Crippen molar-refractivity contribution in [2.75, 3.05) is 18.9 Å². The fourth-order valence-electron chi connectivity index (χ4n) is 4.43. The molecule has 0 saturated carbocycles. The largest absolute Gasteiger partial charge is 0.472 e. The van der Waals surface area contributed by atoms with Crippen LogP contribution in [0, 0.1) is 0 Å². The molecule has 0 bridgehead atoms. The molecule has 22 heteroatoms. The second-order valence-corrected chi connectivity index (χ2v) is 10.3. The van der Waals surface area contributed by atoms with Crippen molar-refractivity contribution in [2.24, 2.45) is 0 Å². The molecular weight excluding hydrogens is 579 g/mol. The van der Waals surface area contributed by atoms with Crippen LogP contribution in [-0.4, -0.2) is 104 Å². The summed E-state index contributed by atoms with van der Waals surface area (Å²) in [6, 6.07) is 0.985. The van der Waals surface area contributed by atoms with Gasteiger partial charge in [-0.3, -0.25) is 37.7 Å². The first-order valence-electron chi connectivity index (χ1n) is 11.6. The predicted octanol–water partition coefficient (Wildman–Crippen LogP) is -4.21. The van der Waals surface area contributed by atoms with Gasteiger partial charge in [-0.25, -0.2) is 14.3 Å². The topological polar surface area (TPSA) is 335 Å². The number of ether oxygens (including phenoxy) is 2. The maximum Gasteiger partial charge on any atom is 0.472 e. The molecule has 21 nitrogen and oxygen atoms in total. The number of nitrogens with one attached hydrogen (secondary N) is 2. The summed E-state index contributed by atoms with van der Waals surface area (Å²) in [5.74, 6) is -0.249. The molecule has 2 aliphatic rings. The molecule has 0 amide bonds. The van der Waals surface area contributed by atoms with E-state index < -0.39 is 86.9 Å². The van der Waals surface area contributed by atoms with Crippen LogP contribution >= 0.6 is 7.82 Å². The number of anilines is 1. The minimum atomic E-state index is -5.06. The van der Waals surface area contributed by atoms with E-state index in [1.54, 1.807) is 0 Å². The zero-order valence-corrected chi connectivity index (χ0v) is 21.7. The first-order valence-corrected chi connectivity index (χ1v) is 13.0. The molecule has 3 aromatic rings. The maximum atomic E-state index is 12.7. The van der Waals surface area contributed by atoms with Crippen molar-refractivity contribution in [3.63, 3.8) is 0 Å². The van der Waals surface area contributed by atoms with E-state index in [0.717, 1.165) is 27.7 Å². The molecule has 2 saturated heterocycles. The van der Waals surface area contributed by atoms with Gasteiger partial charge < -0.3 is 46.7 Å². The van der Waals surface area contributed by atoms with Gasteiger partial charge in [-0.15, -0.1) is 0 Å². The highest BCUT2D eigenvalue weighted by molar-refractivity contribution is 7.47. The van der Waals surface area contributed by atoms with E-state index in [0.29, 0.717) is 0 Å². The molecule has 12 N–H and O–H groups in total. The number of phosphoric ester groups is 1. The van der Waals surface area contributed by atoms with E-state index in [1.807, 2.05) is 4.98 Å². The third-order valence-electron chi connectivity index (χ3n) is 6.33. The number of nitrogen functional groups attached to an aromatic ring is 1. The lowest BCUT2D eigenvalue weighted by Crippen LogP contribution is -2.37. The quantitative estimate of drug-likeness (QED) is 0.110. The summed E-state index contributed by atoms with van der Waals surface area (Å²) in [6.45, 7) is -1.59. The Kier molecular flexibility index (Phi) is 8.59. The normalized spacial score (nSPS) is 31.2. The number of aromatic nitrogens is 6. The lowest BCUT2D eigenvalue weighted by Gasteiger charge is -2.23. The lowest BCUT2D eigenvalue weighted by atomic mass is 10.1. The van der Waals surface area contributed by atoms with E-state index in [-0.39, 0.29) is 23.3 Å². The molecule has 0 aromatic carbocycles. The summed E-state index contributed by atoms with van der Waals surface area (Å²) in [5.41, 5.74) is 3.06. The highest BCUT2D eigenvalue weighted by Crippen LogP contribution is 2.49. The van der Waals surface area contributed by atoms with Crippen molar-refractivity contribution in [1.29, 1.82) is 0 Å². The van der Waals surface area contributed by atoms with E-state index in [4.69, 9.17) is 24.3 Å². The number of hydrogen-bond acceptors (Lipinski definition) is 16. The van der Waals surface area contributed by atoms with Gasteiger partial charge in [0.2, 0.25) is 5.95 Å². The Morgan fingerprint density at radius 3 is 2.41 bits per heavy atom. The minimum Gasteiger partial charge on any atom is -0.394 e. The molecule has 41 heavy (non-hydrogen) atoms. The van der Waals surface area contributed by atoms with Gasteiger partial charge in [-0.2, -0.15) is 4.98 Å². The van der Waals surface area contributed by atoms with Crippen LogP contribution in [0.3, 0.4) is 0 Å². The molecule has 9 atom stereocenters. The molecule has 226 valence electrons. The molecule has 0 aliphatic carbocycles. The first-order chi connectivity index (χ1) is 18.9. The Morgan fingerprint density at radius 1 is 1.05 bits per heavy atom. The minimum absolute atomic E-state index is 0. The maximum absolute atomic E-state index is 12.7.